The molecule has 3 fully saturated rings. The van der Waals surface area contributed by atoms with E-state index in [1.807, 2.05) is 24.3 Å². The summed E-state index contributed by atoms with van der Waals surface area (Å²) >= 11 is 6.62. The van der Waals surface area contributed by atoms with Crippen LogP contribution in [0, 0.1) is 12.7 Å². The lowest BCUT2D eigenvalue weighted by Gasteiger charge is -2.33. The van der Waals surface area contributed by atoms with Crippen LogP contribution in [0.2, 0.25) is 5.02 Å². The summed E-state index contributed by atoms with van der Waals surface area (Å²) in [4.78, 5) is 39.5. The molecule has 8 rings (SSSR count). The molecule has 1 amide bonds. The van der Waals surface area contributed by atoms with Crippen LogP contribution in [-0.2, 0) is 4.79 Å². The Kier molecular flexibility index (Phi) is 8.97. The van der Waals surface area contributed by atoms with Crippen molar-refractivity contribution in [1.82, 2.24) is 34.7 Å². The molecule has 6 heterocycles. The SMILES string of the molecule is Cc1nccc(C=CC(=O)N2CCC[C@@H](Nc3nc(OC[C@@]45CCCN4C[C@H](F)C5)nc4c(F)c(-c5cccc6cccc(Cl)c56)ncc34)C2)n1. The fraction of sp³-hybridized carbons (Fsp3) is 0.368. The molecular weight excluding hydrogens is 674 g/mol. The van der Waals surface area contributed by atoms with E-state index in [0.29, 0.717) is 64.7 Å². The summed E-state index contributed by atoms with van der Waals surface area (Å²) in [6.07, 6.45) is 9.19. The molecule has 0 radical (unpaired) electrons. The van der Waals surface area contributed by atoms with Gasteiger partial charge in [-0.1, -0.05) is 41.9 Å². The van der Waals surface area contributed by atoms with Gasteiger partial charge in [-0.25, -0.2) is 18.7 Å². The minimum atomic E-state index is -0.917. The van der Waals surface area contributed by atoms with Crippen molar-refractivity contribution in [3.05, 3.63) is 83.3 Å². The standard InChI is InChI=1S/C38H37ClF2N8O2/c1-23-42-15-13-26(44-23)11-12-31(50)48-16-4-8-27(21-48)45-36-29-19-43-34(28-9-2-6-24-7-3-10-30(39)32(24)28)33(41)35(29)46-37(47-36)51-22-38-14-5-17-49(38)20-25(40)18-38/h2-3,6-7,9-13,15,19,25,27H,4-5,8,14,16-18,20-22H2,1H3,(H,45,46,47)/t25-,27-,38+/m1/s1. The summed E-state index contributed by atoms with van der Waals surface area (Å²) in [7, 11) is 0. The van der Waals surface area contributed by atoms with E-state index in [2.05, 4.69) is 30.2 Å². The number of hydrogen-bond acceptors (Lipinski definition) is 9. The molecule has 5 aromatic rings. The number of rotatable bonds is 8. The maximum Gasteiger partial charge on any atom is 0.319 e. The van der Waals surface area contributed by atoms with Gasteiger partial charge in [0.2, 0.25) is 5.91 Å². The lowest BCUT2D eigenvalue weighted by molar-refractivity contribution is -0.126. The number of nitrogens with one attached hydrogen (secondary N) is 1. The number of piperidine rings is 1. The molecule has 10 nitrogen and oxygen atoms in total. The normalized spacial score (nSPS) is 22.2. The number of nitrogens with zero attached hydrogens (tertiary/aromatic N) is 7. The Morgan fingerprint density at radius 3 is 2.82 bits per heavy atom. The van der Waals surface area contributed by atoms with E-state index < -0.39 is 17.5 Å². The maximum absolute atomic E-state index is 16.8. The second kappa shape index (κ2) is 13.7. The molecule has 3 aliphatic heterocycles. The van der Waals surface area contributed by atoms with E-state index in [0.717, 1.165) is 37.6 Å². The summed E-state index contributed by atoms with van der Waals surface area (Å²) in [6.45, 7) is 4.21. The van der Waals surface area contributed by atoms with Gasteiger partial charge in [0.1, 0.15) is 35.6 Å². The predicted molar refractivity (Wildman–Crippen MR) is 193 cm³/mol. The maximum atomic E-state index is 16.8. The van der Waals surface area contributed by atoms with Crippen molar-refractivity contribution in [1.29, 1.82) is 0 Å². The van der Waals surface area contributed by atoms with Crippen molar-refractivity contribution in [3.8, 4) is 17.3 Å². The lowest BCUT2D eigenvalue weighted by atomic mass is 9.95. The molecule has 262 valence electrons. The van der Waals surface area contributed by atoms with Crippen molar-refractivity contribution >= 4 is 51.1 Å². The molecule has 3 aromatic heterocycles. The van der Waals surface area contributed by atoms with Crippen molar-refractivity contribution in [3.63, 3.8) is 0 Å². The van der Waals surface area contributed by atoms with E-state index in [1.54, 1.807) is 48.5 Å². The van der Waals surface area contributed by atoms with Gasteiger partial charge in [0.05, 0.1) is 16.6 Å². The Morgan fingerprint density at radius 2 is 1.96 bits per heavy atom. The van der Waals surface area contributed by atoms with Crippen LogP contribution in [0.1, 0.15) is 43.6 Å². The summed E-state index contributed by atoms with van der Waals surface area (Å²) in [5.74, 6) is 0.210. The van der Waals surface area contributed by atoms with Crippen molar-refractivity contribution < 1.29 is 18.3 Å². The van der Waals surface area contributed by atoms with Crippen molar-refractivity contribution in [2.24, 2.45) is 0 Å². The lowest BCUT2D eigenvalue weighted by Crippen LogP contribution is -2.44. The van der Waals surface area contributed by atoms with Crippen LogP contribution < -0.4 is 10.1 Å². The average Bonchev–Trinajstić information content (AvgIpc) is 3.66. The van der Waals surface area contributed by atoms with E-state index in [-0.39, 0.29) is 35.8 Å². The van der Waals surface area contributed by atoms with Crippen LogP contribution in [0.25, 0.3) is 39.0 Å². The van der Waals surface area contributed by atoms with Crippen LogP contribution in [0.15, 0.2) is 60.9 Å². The van der Waals surface area contributed by atoms with Gasteiger partial charge in [-0.2, -0.15) is 9.97 Å². The van der Waals surface area contributed by atoms with Gasteiger partial charge in [-0.15, -0.1) is 0 Å². The highest BCUT2D eigenvalue weighted by Gasteiger charge is 2.49. The Bertz CT molecular complexity index is 2160. The minimum absolute atomic E-state index is 0.00708. The van der Waals surface area contributed by atoms with Crippen LogP contribution in [0.3, 0.4) is 0 Å². The molecule has 0 unspecified atom stereocenters. The Balaban J connectivity index is 1.12. The number of aromatic nitrogens is 5. The fourth-order valence-corrected chi connectivity index (χ4v) is 8.14. The second-order valence-corrected chi connectivity index (χ2v) is 14.1. The highest BCUT2D eigenvalue weighted by Crippen LogP contribution is 2.41. The molecule has 51 heavy (non-hydrogen) atoms. The Hall–Kier alpha value is -4.81. The number of carbonyl (C=O) groups excluding carboxylic acids is 1. The van der Waals surface area contributed by atoms with Gasteiger partial charge in [-0.05, 0) is 62.7 Å². The summed E-state index contributed by atoms with van der Waals surface area (Å²) in [6, 6.07) is 12.6. The summed E-state index contributed by atoms with van der Waals surface area (Å²) in [5, 5.41) is 5.88. The molecule has 0 spiro atoms. The molecule has 3 saturated heterocycles. The molecule has 0 saturated carbocycles. The van der Waals surface area contributed by atoms with Gasteiger partial charge in [-0.3, -0.25) is 14.7 Å². The van der Waals surface area contributed by atoms with Gasteiger partial charge >= 0.3 is 6.01 Å². The van der Waals surface area contributed by atoms with Crippen molar-refractivity contribution in [2.45, 2.75) is 56.8 Å². The topological polar surface area (TPSA) is 109 Å². The van der Waals surface area contributed by atoms with Gasteiger partial charge in [0, 0.05) is 66.5 Å². The van der Waals surface area contributed by atoms with Gasteiger partial charge in [0.25, 0.3) is 0 Å². The number of amides is 1. The summed E-state index contributed by atoms with van der Waals surface area (Å²) < 4.78 is 37.6. The number of likely N-dealkylation sites (tertiary alicyclic amines) is 1. The quantitative estimate of drug-likeness (QED) is 0.174. The monoisotopic (exact) mass is 710 g/mol. The first-order valence-corrected chi connectivity index (χ1v) is 17.7. The zero-order valence-electron chi connectivity index (χ0n) is 28.2. The second-order valence-electron chi connectivity index (χ2n) is 13.7. The number of fused-ring (bicyclic) bond motifs is 3. The van der Waals surface area contributed by atoms with Crippen LogP contribution in [0.5, 0.6) is 6.01 Å². The number of hydrogen-bond donors (Lipinski definition) is 1. The predicted octanol–water partition coefficient (Wildman–Crippen LogP) is 6.81. The van der Waals surface area contributed by atoms with E-state index >= 15 is 4.39 Å². The van der Waals surface area contributed by atoms with E-state index in [9.17, 15) is 9.18 Å². The largest absolute Gasteiger partial charge is 0.461 e. The number of anilines is 1. The molecule has 2 aromatic carbocycles. The number of halogens is 3. The number of aryl methyl sites for hydroxylation is 1. The molecule has 3 aliphatic rings. The van der Waals surface area contributed by atoms with Crippen molar-refractivity contribution in [2.75, 3.05) is 38.1 Å². The third kappa shape index (κ3) is 6.58. The number of carbonyl (C=O) groups is 1. The first-order chi connectivity index (χ1) is 24.8. The molecule has 1 N–H and O–H groups in total. The van der Waals surface area contributed by atoms with E-state index in [4.69, 9.17) is 21.3 Å². The minimum Gasteiger partial charge on any atom is -0.461 e. The number of benzene rings is 2. The zero-order valence-corrected chi connectivity index (χ0v) is 28.9. The van der Waals surface area contributed by atoms with E-state index in [1.165, 1.54) is 6.08 Å². The molecule has 13 heteroatoms. The smallest absolute Gasteiger partial charge is 0.319 e. The van der Waals surface area contributed by atoms with Gasteiger partial charge in [0.15, 0.2) is 5.82 Å². The third-order valence-electron chi connectivity index (χ3n) is 10.3. The molecule has 0 bridgehead atoms. The van der Waals surface area contributed by atoms with Crippen LogP contribution in [-0.4, -0.2) is 91.2 Å². The molecule has 0 aliphatic carbocycles. The molecular formula is C38H37ClF2N8O2. The summed E-state index contributed by atoms with van der Waals surface area (Å²) in [5.41, 5.74) is 0.907. The van der Waals surface area contributed by atoms with Gasteiger partial charge < -0.3 is 15.0 Å². The zero-order chi connectivity index (χ0) is 35.1. The fourth-order valence-electron chi connectivity index (χ4n) is 7.86. The number of ether oxygens (including phenoxy) is 1. The first kappa shape index (κ1) is 33.3. The van der Waals surface area contributed by atoms with Crippen LogP contribution in [0.4, 0.5) is 14.6 Å². The molecule has 3 atom stereocenters. The Morgan fingerprint density at radius 1 is 1.10 bits per heavy atom. The number of alkyl halides is 1. The number of pyridine rings is 1. The highest BCUT2D eigenvalue weighted by molar-refractivity contribution is 6.36. The van der Waals surface area contributed by atoms with Crippen LogP contribution >= 0.6 is 11.6 Å². The first-order valence-electron chi connectivity index (χ1n) is 17.4. The Labute approximate surface area is 298 Å². The highest BCUT2D eigenvalue weighted by atomic mass is 35.5. The average molecular weight is 711 g/mol. The third-order valence-corrected chi connectivity index (χ3v) is 10.6.